The number of anilines is 1. The fourth-order valence-corrected chi connectivity index (χ4v) is 3.79. The van der Waals surface area contributed by atoms with E-state index in [1.165, 1.54) is 30.5 Å². The second-order valence-corrected chi connectivity index (χ2v) is 7.48. The van der Waals surface area contributed by atoms with Crippen molar-refractivity contribution in [1.29, 1.82) is 5.26 Å². The second-order valence-electron chi connectivity index (χ2n) is 5.49. The van der Waals surface area contributed by atoms with E-state index in [-0.39, 0.29) is 22.0 Å². The quantitative estimate of drug-likeness (QED) is 0.746. The number of amides is 1. The molecule has 0 saturated heterocycles. The zero-order chi connectivity index (χ0) is 18.6. The molecule has 0 unspecified atom stereocenters. The van der Waals surface area contributed by atoms with Crippen molar-refractivity contribution in [1.82, 2.24) is 0 Å². The van der Waals surface area contributed by atoms with Crippen LogP contribution in [0.4, 0.5) is 5.69 Å². The number of hydrogen-bond acceptors (Lipinski definition) is 5. The first kappa shape index (κ1) is 17.5. The monoisotopic (exact) mass is 366 g/mol. The highest BCUT2D eigenvalue weighted by Gasteiger charge is 2.22. The van der Waals surface area contributed by atoms with Crippen LogP contribution in [0, 0.1) is 11.3 Å². The van der Waals surface area contributed by atoms with E-state index >= 15 is 0 Å². The molecule has 0 fully saturated rings. The van der Waals surface area contributed by atoms with Gasteiger partial charge in [-0.15, -0.1) is 0 Å². The van der Waals surface area contributed by atoms with Crippen molar-refractivity contribution in [2.45, 2.75) is 10.6 Å². The van der Waals surface area contributed by atoms with Crippen molar-refractivity contribution in [2.24, 2.45) is 0 Å². The Bertz CT molecular complexity index is 1080. The van der Waals surface area contributed by atoms with Crippen LogP contribution in [0.2, 0.25) is 0 Å². The highest BCUT2D eigenvalue weighted by atomic mass is 32.2. The minimum Gasteiger partial charge on any atom is -0.459 e. The Labute approximate surface area is 150 Å². The molecule has 1 aromatic heterocycles. The van der Waals surface area contributed by atoms with Gasteiger partial charge in [0.25, 0.3) is 5.91 Å². The third-order valence-electron chi connectivity index (χ3n) is 3.65. The molecule has 26 heavy (non-hydrogen) atoms. The van der Waals surface area contributed by atoms with Gasteiger partial charge in [-0.2, -0.15) is 5.26 Å². The number of carbonyl (C=O) groups excluding carboxylic acids is 1. The van der Waals surface area contributed by atoms with Gasteiger partial charge in [-0.05, 0) is 36.4 Å². The first-order chi connectivity index (χ1) is 12.5. The first-order valence-electron chi connectivity index (χ1n) is 7.65. The maximum atomic E-state index is 12.5. The molecule has 0 saturated carbocycles. The van der Waals surface area contributed by atoms with Gasteiger partial charge >= 0.3 is 0 Å². The molecular weight excluding hydrogens is 352 g/mol. The summed E-state index contributed by atoms with van der Waals surface area (Å²) < 4.78 is 30.2. The van der Waals surface area contributed by atoms with E-state index in [2.05, 4.69) is 5.32 Å². The molecule has 1 amide bonds. The molecule has 2 aromatic carbocycles. The van der Waals surface area contributed by atoms with Crippen LogP contribution in [0.5, 0.6) is 0 Å². The fourth-order valence-electron chi connectivity index (χ4n) is 2.42. The normalized spacial score (nSPS) is 10.9. The van der Waals surface area contributed by atoms with E-state index in [1.807, 2.05) is 6.07 Å². The van der Waals surface area contributed by atoms with Crippen molar-refractivity contribution in [3.05, 3.63) is 83.8 Å². The summed E-state index contributed by atoms with van der Waals surface area (Å²) in [4.78, 5) is 12.6. The Morgan fingerprint density at radius 1 is 1.08 bits per heavy atom. The van der Waals surface area contributed by atoms with Crippen LogP contribution in [0.15, 0.2) is 76.2 Å². The van der Waals surface area contributed by atoms with Gasteiger partial charge in [0.1, 0.15) is 0 Å². The molecule has 0 spiro atoms. The van der Waals surface area contributed by atoms with Crippen molar-refractivity contribution >= 4 is 21.4 Å². The highest BCUT2D eigenvalue weighted by Crippen LogP contribution is 2.21. The maximum Gasteiger partial charge on any atom is 0.291 e. The fraction of sp³-hybridized carbons (Fsp3) is 0.0526. The summed E-state index contributed by atoms with van der Waals surface area (Å²) in [5.41, 5.74) is 1.08. The van der Waals surface area contributed by atoms with E-state index in [4.69, 9.17) is 9.68 Å². The summed E-state index contributed by atoms with van der Waals surface area (Å²) in [6.45, 7) is 0. The molecule has 6 nitrogen and oxygen atoms in total. The van der Waals surface area contributed by atoms with Crippen LogP contribution < -0.4 is 5.32 Å². The number of furan rings is 1. The summed E-state index contributed by atoms with van der Waals surface area (Å²) in [5.74, 6) is -1.01. The molecule has 0 radical (unpaired) electrons. The third kappa shape index (κ3) is 3.82. The number of benzene rings is 2. The Balaban J connectivity index is 1.82. The number of sulfone groups is 1. The van der Waals surface area contributed by atoms with Crippen molar-refractivity contribution in [3.63, 3.8) is 0 Å². The molecule has 0 aliphatic rings. The zero-order valence-corrected chi connectivity index (χ0v) is 14.4. The van der Waals surface area contributed by atoms with Crippen LogP contribution >= 0.6 is 0 Å². The van der Waals surface area contributed by atoms with Crippen LogP contribution in [0.25, 0.3) is 0 Å². The first-order valence-corrected chi connectivity index (χ1v) is 9.30. The minimum atomic E-state index is -3.61. The van der Waals surface area contributed by atoms with Crippen molar-refractivity contribution < 1.29 is 17.6 Å². The van der Waals surface area contributed by atoms with Gasteiger partial charge in [0.15, 0.2) is 15.6 Å². The summed E-state index contributed by atoms with van der Waals surface area (Å²) >= 11 is 0. The predicted molar refractivity (Wildman–Crippen MR) is 95.2 cm³/mol. The van der Waals surface area contributed by atoms with E-state index < -0.39 is 15.7 Å². The molecular formula is C19H14N2O4S. The third-order valence-corrected chi connectivity index (χ3v) is 5.33. The average molecular weight is 366 g/mol. The maximum absolute atomic E-state index is 12.5. The lowest BCUT2D eigenvalue weighted by Gasteiger charge is -2.07. The second kappa shape index (κ2) is 7.25. The summed E-state index contributed by atoms with van der Waals surface area (Å²) in [7, 11) is -3.61. The zero-order valence-electron chi connectivity index (χ0n) is 13.5. The van der Waals surface area contributed by atoms with Gasteiger partial charge in [-0.3, -0.25) is 4.79 Å². The number of nitrogens with one attached hydrogen (secondary N) is 1. The standard InChI is InChI=1S/C19H14N2O4S/c20-12-14-5-4-6-16(11-14)21-19(22)18-15(9-10-25-18)13-26(23,24)17-7-2-1-3-8-17/h1-11H,13H2,(H,21,22). The van der Waals surface area contributed by atoms with Crippen LogP contribution in [0.3, 0.4) is 0 Å². The summed E-state index contributed by atoms with van der Waals surface area (Å²) in [6.07, 6.45) is 1.27. The molecule has 0 aliphatic heterocycles. The molecule has 0 bridgehead atoms. The Kier molecular flexibility index (Phi) is 4.87. The van der Waals surface area contributed by atoms with Crippen LogP contribution in [-0.4, -0.2) is 14.3 Å². The van der Waals surface area contributed by atoms with Crippen LogP contribution in [-0.2, 0) is 15.6 Å². The molecule has 1 heterocycles. The van der Waals surface area contributed by atoms with Gasteiger partial charge in [-0.25, -0.2) is 8.42 Å². The molecule has 7 heteroatoms. The largest absolute Gasteiger partial charge is 0.459 e. The van der Waals surface area contributed by atoms with Gasteiger partial charge < -0.3 is 9.73 Å². The predicted octanol–water partition coefficient (Wildman–Crippen LogP) is 3.38. The molecule has 3 aromatic rings. The number of rotatable bonds is 5. The Morgan fingerprint density at radius 3 is 2.58 bits per heavy atom. The van der Waals surface area contributed by atoms with Crippen LogP contribution in [0.1, 0.15) is 21.7 Å². The molecule has 3 rings (SSSR count). The lowest BCUT2D eigenvalue weighted by Crippen LogP contribution is -2.14. The lowest BCUT2D eigenvalue weighted by atomic mass is 10.2. The number of nitriles is 1. The van der Waals surface area contributed by atoms with Crippen molar-refractivity contribution in [3.8, 4) is 6.07 Å². The number of nitrogens with zero attached hydrogens (tertiary/aromatic N) is 1. The lowest BCUT2D eigenvalue weighted by molar-refractivity contribution is 0.0996. The number of carbonyl (C=O) groups is 1. The summed E-state index contributed by atoms with van der Waals surface area (Å²) in [6, 6.07) is 17.8. The van der Waals surface area contributed by atoms with E-state index in [0.29, 0.717) is 11.3 Å². The Hall–Kier alpha value is -3.37. The molecule has 130 valence electrons. The highest BCUT2D eigenvalue weighted by molar-refractivity contribution is 7.90. The molecule has 0 aliphatic carbocycles. The van der Waals surface area contributed by atoms with Gasteiger partial charge in [0.05, 0.1) is 28.5 Å². The number of hydrogen-bond donors (Lipinski definition) is 1. The summed E-state index contributed by atoms with van der Waals surface area (Å²) in [5, 5.41) is 11.5. The van der Waals surface area contributed by atoms with Gasteiger partial charge in [0, 0.05) is 11.3 Å². The van der Waals surface area contributed by atoms with E-state index in [1.54, 1.807) is 36.4 Å². The molecule has 0 atom stereocenters. The SMILES string of the molecule is N#Cc1cccc(NC(=O)c2occc2CS(=O)(=O)c2ccccc2)c1. The van der Waals surface area contributed by atoms with E-state index in [0.717, 1.165) is 0 Å². The van der Waals surface area contributed by atoms with E-state index in [9.17, 15) is 13.2 Å². The average Bonchev–Trinajstić information content (AvgIpc) is 3.10. The van der Waals surface area contributed by atoms with Crippen molar-refractivity contribution in [2.75, 3.05) is 5.32 Å². The minimum absolute atomic E-state index is 0.0770. The topological polar surface area (TPSA) is 100 Å². The Morgan fingerprint density at radius 2 is 1.85 bits per heavy atom. The smallest absolute Gasteiger partial charge is 0.291 e. The van der Waals surface area contributed by atoms with Gasteiger partial charge in [0.2, 0.25) is 0 Å². The van der Waals surface area contributed by atoms with Gasteiger partial charge in [-0.1, -0.05) is 24.3 Å². The molecule has 1 N–H and O–H groups in total.